The molecule has 0 aromatic carbocycles. The van der Waals surface area contributed by atoms with Gasteiger partial charge in [-0.1, -0.05) is 58.8 Å². The van der Waals surface area contributed by atoms with Crippen LogP contribution in [0.3, 0.4) is 0 Å². The third-order valence-corrected chi connectivity index (χ3v) is 6.48. The number of hydrogen-bond acceptors (Lipinski definition) is 3. The standard InChI is InChI=1S/C22H38O3/c1-3-5-7-8-17-9-11-18(12-10-17)19-13-14-20(21(23)16-19)22(24)25-15-6-4-2/h17-20H,3-16H2,1-2H3. The Hall–Kier alpha value is -0.860. The van der Waals surface area contributed by atoms with E-state index in [9.17, 15) is 9.59 Å². The van der Waals surface area contributed by atoms with Crippen LogP contribution < -0.4 is 0 Å². The van der Waals surface area contributed by atoms with Gasteiger partial charge in [0.05, 0.1) is 6.61 Å². The van der Waals surface area contributed by atoms with Crippen LogP contribution in [0.5, 0.6) is 0 Å². The molecular weight excluding hydrogens is 312 g/mol. The Balaban J connectivity index is 1.70. The lowest BCUT2D eigenvalue weighted by atomic mass is 9.68. The molecule has 0 aromatic rings. The maximum atomic E-state index is 12.5. The van der Waals surface area contributed by atoms with Gasteiger partial charge in [0, 0.05) is 6.42 Å². The molecular formula is C22H38O3. The lowest BCUT2D eigenvalue weighted by Gasteiger charge is -2.36. The number of esters is 1. The molecule has 0 aliphatic heterocycles. The first-order valence-corrected chi connectivity index (χ1v) is 10.8. The molecule has 2 aliphatic carbocycles. The molecule has 2 saturated carbocycles. The highest BCUT2D eigenvalue weighted by Crippen LogP contribution is 2.41. The smallest absolute Gasteiger partial charge is 0.316 e. The van der Waals surface area contributed by atoms with Crippen molar-refractivity contribution >= 4 is 11.8 Å². The van der Waals surface area contributed by atoms with Crippen LogP contribution in [0.2, 0.25) is 0 Å². The first-order valence-electron chi connectivity index (χ1n) is 10.8. The maximum absolute atomic E-state index is 12.5. The van der Waals surface area contributed by atoms with Gasteiger partial charge in [0.25, 0.3) is 0 Å². The van der Waals surface area contributed by atoms with Gasteiger partial charge in [-0.25, -0.2) is 0 Å². The van der Waals surface area contributed by atoms with Gasteiger partial charge in [-0.3, -0.25) is 9.59 Å². The van der Waals surface area contributed by atoms with Crippen molar-refractivity contribution in [1.82, 2.24) is 0 Å². The van der Waals surface area contributed by atoms with Gasteiger partial charge < -0.3 is 4.74 Å². The molecule has 144 valence electrons. The van der Waals surface area contributed by atoms with E-state index in [-0.39, 0.29) is 11.8 Å². The number of hydrogen-bond donors (Lipinski definition) is 0. The average molecular weight is 351 g/mol. The molecule has 0 heterocycles. The number of Topliss-reactive ketones (excluding diaryl/α,β-unsaturated/α-hetero) is 1. The molecule has 25 heavy (non-hydrogen) atoms. The highest BCUT2D eigenvalue weighted by molar-refractivity contribution is 5.99. The minimum absolute atomic E-state index is 0.141. The summed E-state index contributed by atoms with van der Waals surface area (Å²) in [6.45, 7) is 4.80. The number of rotatable bonds is 9. The summed E-state index contributed by atoms with van der Waals surface area (Å²) in [7, 11) is 0. The van der Waals surface area contributed by atoms with E-state index in [0.29, 0.717) is 31.3 Å². The van der Waals surface area contributed by atoms with Crippen molar-refractivity contribution in [2.75, 3.05) is 6.61 Å². The molecule has 3 nitrogen and oxygen atoms in total. The van der Waals surface area contributed by atoms with Crippen LogP contribution in [-0.2, 0) is 14.3 Å². The van der Waals surface area contributed by atoms with Crippen molar-refractivity contribution in [1.29, 1.82) is 0 Å². The third kappa shape index (κ3) is 6.42. The molecule has 2 aliphatic rings. The largest absolute Gasteiger partial charge is 0.465 e. The van der Waals surface area contributed by atoms with Crippen LogP contribution in [0.1, 0.15) is 97.3 Å². The first-order chi connectivity index (χ1) is 12.2. The summed E-state index contributed by atoms with van der Waals surface area (Å²) in [5.74, 6) is 1.55. The fraction of sp³-hybridized carbons (Fsp3) is 0.909. The monoisotopic (exact) mass is 350 g/mol. The van der Waals surface area contributed by atoms with Gasteiger partial charge in [0.15, 0.2) is 0 Å². The molecule has 0 saturated heterocycles. The summed E-state index contributed by atoms with van der Waals surface area (Å²) in [4.78, 5) is 24.6. The molecule has 2 unspecified atom stereocenters. The molecule has 0 N–H and O–H groups in total. The van der Waals surface area contributed by atoms with E-state index in [1.54, 1.807) is 0 Å². The maximum Gasteiger partial charge on any atom is 0.316 e. The van der Waals surface area contributed by atoms with E-state index in [1.165, 1.54) is 51.4 Å². The molecule has 0 spiro atoms. The van der Waals surface area contributed by atoms with E-state index in [2.05, 4.69) is 13.8 Å². The van der Waals surface area contributed by atoms with Crippen LogP contribution in [0.4, 0.5) is 0 Å². The Morgan fingerprint density at radius 1 is 0.920 bits per heavy atom. The number of ketones is 1. The zero-order valence-corrected chi connectivity index (χ0v) is 16.4. The van der Waals surface area contributed by atoms with Crippen LogP contribution >= 0.6 is 0 Å². The Morgan fingerprint density at radius 2 is 1.60 bits per heavy atom. The quantitative estimate of drug-likeness (QED) is 0.304. The summed E-state index contributed by atoms with van der Waals surface area (Å²) in [5, 5.41) is 0. The SMILES string of the molecule is CCCCCC1CCC(C2CCC(C(=O)OCCCC)C(=O)C2)CC1. The van der Waals surface area contributed by atoms with E-state index < -0.39 is 5.92 Å². The fourth-order valence-electron chi connectivity index (χ4n) is 4.75. The Morgan fingerprint density at radius 3 is 2.24 bits per heavy atom. The van der Waals surface area contributed by atoms with Crippen molar-refractivity contribution in [3.8, 4) is 0 Å². The Labute approximate surface area is 154 Å². The van der Waals surface area contributed by atoms with Crippen LogP contribution in [-0.4, -0.2) is 18.4 Å². The van der Waals surface area contributed by atoms with Crippen LogP contribution in [0.25, 0.3) is 0 Å². The summed E-state index contributed by atoms with van der Waals surface area (Å²) >= 11 is 0. The normalized spacial score (nSPS) is 30.2. The number of ether oxygens (including phenoxy) is 1. The number of carbonyl (C=O) groups excluding carboxylic acids is 2. The van der Waals surface area contributed by atoms with E-state index in [4.69, 9.17) is 4.74 Å². The van der Waals surface area contributed by atoms with E-state index in [0.717, 1.165) is 25.2 Å². The number of unbranched alkanes of at least 4 members (excludes halogenated alkanes) is 3. The predicted octanol–water partition coefficient (Wildman–Crippen LogP) is 5.70. The molecule has 2 atom stereocenters. The zero-order valence-electron chi connectivity index (χ0n) is 16.4. The van der Waals surface area contributed by atoms with Crippen molar-refractivity contribution in [3.05, 3.63) is 0 Å². The van der Waals surface area contributed by atoms with Gasteiger partial charge in [0.1, 0.15) is 11.7 Å². The predicted molar refractivity (Wildman–Crippen MR) is 101 cm³/mol. The lowest BCUT2D eigenvalue weighted by molar-refractivity contribution is -0.154. The van der Waals surface area contributed by atoms with E-state index in [1.807, 2.05) is 0 Å². The summed E-state index contributed by atoms with van der Waals surface area (Å²) in [6, 6.07) is 0. The highest BCUT2D eigenvalue weighted by Gasteiger charge is 2.38. The Bertz CT molecular complexity index is 409. The van der Waals surface area contributed by atoms with Gasteiger partial charge in [-0.05, 0) is 49.9 Å². The molecule has 0 aromatic heterocycles. The molecule has 0 radical (unpaired) electrons. The van der Waals surface area contributed by atoms with Gasteiger partial charge in [0.2, 0.25) is 0 Å². The topological polar surface area (TPSA) is 43.4 Å². The molecule has 3 heteroatoms. The van der Waals surface area contributed by atoms with Crippen LogP contribution in [0, 0.1) is 23.7 Å². The van der Waals surface area contributed by atoms with Gasteiger partial charge >= 0.3 is 5.97 Å². The molecule has 0 amide bonds. The zero-order chi connectivity index (χ0) is 18.1. The van der Waals surface area contributed by atoms with Crippen molar-refractivity contribution in [2.24, 2.45) is 23.7 Å². The Kier molecular flexibility index (Phi) is 8.98. The average Bonchev–Trinajstić information content (AvgIpc) is 2.62. The van der Waals surface area contributed by atoms with Crippen LogP contribution in [0.15, 0.2) is 0 Å². The van der Waals surface area contributed by atoms with Crippen molar-refractivity contribution in [2.45, 2.75) is 97.3 Å². The summed E-state index contributed by atoms with van der Waals surface area (Å²) in [6.07, 6.45) is 15.0. The second-order valence-corrected chi connectivity index (χ2v) is 8.36. The number of carbonyl (C=O) groups is 2. The summed E-state index contributed by atoms with van der Waals surface area (Å²) < 4.78 is 5.27. The minimum Gasteiger partial charge on any atom is -0.465 e. The second kappa shape index (κ2) is 11.0. The summed E-state index contributed by atoms with van der Waals surface area (Å²) in [5.41, 5.74) is 0. The van der Waals surface area contributed by atoms with E-state index >= 15 is 0 Å². The minimum atomic E-state index is -0.474. The molecule has 2 fully saturated rings. The van der Waals surface area contributed by atoms with Crippen molar-refractivity contribution in [3.63, 3.8) is 0 Å². The third-order valence-electron chi connectivity index (χ3n) is 6.48. The van der Waals surface area contributed by atoms with Crippen molar-refractivity contribution < 1.29 is 14.3 Å². The van der Waals surface area contributed by atoms with Gasteiger partial charge in [-0.15, -0.1) is 0 Å². The highest BCUT2D eigenvalue weighted by atomic mass is 16.5. The second-order valence-electron chi connectivity index (χ2n) is 8.36. The first kappa shape index (κ1) is 20.5. The lowest BCUT2D eigenvalue weighted by Crippen LogP contribution is -2.35. The molecule has 2 rings (SSSR count). The molecule has 0 bridgehead atoms. The fourth-order valence-corrected chi connectivity index (χ4v) is 4.75. The van der Waals surface area contributed by atoms with Gasteiger partial charge in [-0.2, -0.15) is 0 Å².